The van der Waals surface area contributed by atoms with Gasteiger partial charge in [0.15, 0.2) is 5.96 Å². The van der Waals surface area contributed by atoms with E-state index in [1.54, 1.807) is 0 Å². The molecule has 0 aromatic rings. The van der Waals surface area contributed by atoms with Crippen molar-refractivity contribution in [3.8, 4) is 0 Å². The summed E-state index contributed by atoms with van der Waals surface area (Å²) in [6.45, 7) is 6.38. The smallest absolute Gasteiger partial charge is 0.193 e. The number of hydrogen-bond donors (Lipinski definition) is 1. The highest BCUT2D eigenvalue weighted by Gasteiger charge is 2.21. The predicted molar refractivity (Wildman–Crippen MR) is 80.2 cm³/mol. The Bertz CT molecular complexity index is 318. The number of hydrogen-bond acceptors (Lipinski definition) is 4. The van der Waals surface area contributed by atoms with Crippen LogP contribution in [0.15, 0.2) is 4.99 Å². The number of nitrogens with zero attached hydrogens (tertiary/aromatic N) is 3. The van der Waals surface area contributed by atoms with Gasteiger partial charge in [-0.2, -0.15) is 0 Å². The molecule has 2 rings (SSSR count). The minimum absolute atomic E-state index is 0.244. The van der Waals surface area contributed by atoms with E-state index in [0.29, 0.717) is 5.92 Å². The van der Waals surface area contributed by atoms with E-state index in [-0.39, 0.29) is 6.10 Å². The lowest BCUT2D eigenvalue weighted by Gasteiger charge is -2.31. The molecule has 2 aliphatic heterocycles. The molecule has 0 bridgehead atoms. The Morgan fingerprint density at radius 3 is 2.95 bits per heavy atom. The summed E-state index contributed by atoms with van der Waals surface area (Å²) in [5, 5.41) is 3.42. The molecule has 2 unspecified atom stereocenters. The molecule has 0 amide bonds. The van der Waals surface area contributed by atoms with Gasteiger partial charge in [0.1, 0.15) is 0 Å². The monoisotopic (exact) mass is 284 g/mol. The summed E-state index contributed by atoms with van der Waals surface area (Å²) in [6.07, 6.45) is 1.39. The van der Waals surface area contributed by atoms with Crippen molar-refractivity contribution in [3.05, 3.63) is 0 Å². The number of aliphatic imine (C=N–C) groups is 1. The van der Waals surface area contributed by atoms with E-state index >= 15 is 0 Å². The van der Waals surface area contributed by atoms with Crippen LogP contribution < -0.4 is 5.32 Å². The normalized spacial score (nSPS) is 28.6. The summed E-state index contributed by atoms with van der Waals surface area (Å²) in [7, 11) is 6.05. The van der Waals surface area contributed by atoms with Gasteiger partial charge < -0.3 is 24.6 Å². The van der Waals surface area contributed by atoms with Crippen LogP contribution >= 0.6 is 0 Å². The highest BCUT2D eigenvalue weighted by Crippen LogP contribution is 2.13. The van der Waals surface area contributed by atoms with Crippen molar-refractivity contribution < 1.29 is 9.47 Å². The van der Waals surface area contributed by atoms with Gasteiger partial charge in [-0.1, -0.05) is 0 Å². The van der Waals surface area contributed by atoms with Gasteiger partial charge in [-0.05, 0) is 13.5 Å². The Morgan fingerprint density at radius 1 is 1.45 bits per heavy atom. The van der Waals surface area contributed by atoms with E-state index in [4.69, 9.17) is 9.47 Å². The first-order valence-corrected chi connectivity index (χ1v) is 7.48. The van der Waals surface area contributed by atoms with E-state index < -0.39 is 0 Å². The molecule has 20 heavy (non-hydrogen) atoms. The highest BCUT2D eigenvalue weighted by molar-refractivity contribution is 5.79. The summed E-state index contributed by atoms with van der Waals surface area (Å²) >= 11 is 0. The quantitative estimate of drug-likeness (QED) is 0.575. The van der Waals surface area contributed by atoms with Crippen molar-refractivity contribution in [2.45, 2.75) is 12.5 Å². The second kappa shape index (κ2) is 7.81. The molecule has 0 aliphatic carbocycles. The van der Waals surface area contributed by atoms with Crippen molar-refractivity contribution in [2.75, 3.05) is 67.1 Å². The van der Waals surface area contributed by atoms with Crippen LogP contribution in [-0.2, 0) is 9.47 Å². The molecule has 0 spiro atoms. The van der Waals surface area contributed by atoms with Crippen LogP contribution in [0, 0.1) is 5.92 Å². The summed E-state index contributed by atoms with van der Waals surface area (Å²) in [5.41, 5.74) is 0. The Balaban J connectivity index is 1.73. The van der Waals surface area contributed by atoms with Crippen molar-refractivity contribution in [2.24, 2.45) is 10.9 Å². The van der Waals surface area contributed by atoms with Crippen molar-refractivity contribution in [1.29, 1.82) is 0 Å². The first-order chi connectivity index (χ1) is 9.69. The van der Waals surface area contributed by atoms with E-state index in [1.165, 1.54) is 0 Å². The van der Waals surface area contributed by atoms with Gasteiger partial charge in [-0.25, -0.2) is 0 Å². The standard InChI is InChI=1S/C14H28N4O2/c1-15-14(18(3)9-12-4-6-19-11-12)16-8-13-10-17(2)5-7-20-13/h12-13H,4-11H2,1-3H3,(H,15,16). The number of guanidine groups is 1. The Labute approximate surface area is 122 Å². The minimum Gasteiger partial charge on any atom is -0.381 e. The Hall–Kier alpha value is -0.850. The molecule has 6 nitrogen and oxygen atoms in total. The summed E-state index contributed by atoms with van der Waals surface area (Å²) in [5.74, 6) is 1.56. The van der Waals surface area contributed by atoms with Crippen LogP contribution in [0.2, 0.25) is 0 Å². The maximum absolute atomic E-state index is 5.76. The molecule has 116 valence electrons. The lowest BCUT2D eigenvalue weighted by atomic mass is 10.1. The van der Waals surface area contributed by atoms with Crippen molar-refractivity contribution in [3.63, 3.8) is 0 Å². The van der Waals surface area contributed by atoms with Crippen LogP contribution in [-0.4, -0.2) is 89.0 Å². The zero-order chi connectivity index (χ0) is 14.4. The van der Waals surface area contributed by atoms with Gasteiger partial charge in [-0.15, -0.1) is 0 Å². The van der Waals surface area contributed by atoms with Crippen molar-refractivity contribution in [1.82, 2.24) is 15.1 Å². The summed E-state index contributed by atoms with van der Waals surface area (Å²) in [4.78, 5) is 8.85. The number of nitrogens with one attached hydrogen (secondary N) is 1. The highest BCUT2D eigenvalue weighted by atomic mass is 16.5. The van der Waals surface area contributed by atoms with Gasteiger partial charge in [0, 0.05) is 52.8 Å². The van der Waals surface area contributed by atoms with E-state index in [1.807, 2.05) is 7.05 Å². The average Bonchev–Trinajstić information content (AvgIpc) is 2.92. The fraction of sp³-hybridized carbons (Fsp3) is 0.929. The first kappa shape index (κ1) is 15.5. The fourth-order valence-corrected chi connectivity index (χ4v) is 2.78. The third-order valence-electron chi connectivity index (χ3n) is 3.96. The fourth-order valence-electron chi connectivity index (χ4n) is 2.78. The maximum atomic E-state index is 5.76. The van der Waals surface area contributed by atoms with Crippen LogP contribution in [0.25, 0.3) is 0 Å². The molecular formula is C14H28N4O2. The van der Waals surface area contributed by atoms with Crippen LogP contribution in [0.5, 0.6) is 0 Å². The maximum Gasteiger partial charge on any atom is 0.193 e. The second-order valence-electron chi connectivity index (χ2n) is 5.79. The molecule has 0 aromatic carbocycles. The molecular weight excluding hydrogens is 256 g/mol. The molecule has 1 N–H and O–H groups in total. The Morgan fingerprint density at radius 2 is 2.30 bits per heavy atom. The number of likely N-dealkylation sites (N-methyl/N-ethyl adjacent to an activating group) is 1. The third kappa shape index (κ3) is 4.61. The molecule has 0 radical (unpaired) electrons. The van der Waals surface area contributed by atoms with Crippen LogP contribution in [0.1, 0.15) is 6.42 Å². The molecule has 2 fully saturated rings. The van der Waals surface area contributed by atoms with E-state index in [2.05, 4.69) is 34.2 Å². The average molecular weight is 284 g/mol. The molecule has 2 saturated heterocycles. The molecule has 6 heteroatoms. The van der Waals surface area contributed by atoms with E-state index in [0.717, 1.165) is 58.4 Å². The number of rotatable bonds is 4. The molecule has 2 aliphatic rings. The van der Waals surface area contributed by atoms with Gasteiger partial charge in [0.05, 0.1) is 19.3 Å². The topological polar surface area (TPSA) is 49.3 Å². The lowest BCUT2D eigenvalue weighted by Crippen LogP contribution is -2.49. The molecule has 2 heterocycles. The van der Waals surface area contributed by atoms with Gasteiger partial charge >= 0.3 is 0 Å². The third-order valence-corrected chi connectivity index (χ3v) is 3.96. The molecule has 0 saturated carbocycles. The zero-order valence-corrected chi connectivity index (χ0v) is 13.0. The number of ether oxygens (including phenoxy) is 2. The van der Waals surface area contributed by atoms with Gasteiger partial charge in [-0.3, -0.25) is 4.99 Å². The van der Waals surface area contributed by atoms with E-state index in [9.17, 15) is 0 Å². The molecule has 2 atom stereocenters. The van der Waals surface area contributed by atoms with Crippen molar-refractivity contribution >= 4 is 5.96 Å². The summed E-state index contributed by atoms with van der Waals surface area (Å²) < 4.78 is 11.2. The van der Waals surface area contributed by atoms with Gasteiger partial charge in [0.2, 0.25) is 0 Å². The van der Waals surface area contributed by atoms with Crippen LogP contribution in [0.4, 0.5) is 0 Å². The minimum atomic E-state index is 0.244. The SMILES string of the molecule is CN=C(NCC1CN(C)CCO1)N(C)CC1CCOC1. The van der Waals surface area contributed by atoms with Gasteiger partial charge in [0.25, 0.3) is 0 Å². The largest absolute Gasteiger partial charge is 0.381 e. The zero-order valence-electron chi connectivity index (χ0n) is 13.0. The second-order valence-corrected chi connectivity index (χ2v) is 5.79. The van der Waals surface area contributed by atoms with Crippen LogP contribution in [0.3, 0.4) is 0 Å². The predicted octanol–water partition coefficient (Wildman–Crippen LogP) is -0.139. The lowest BCUT2D eigenvalue weighted by molar-refractivity contribution is -0.0163. The Kier molecular flexibility index (Phi) is 6.06. The summed E-state index contributed by atoms with van der Waals surface area (Å²) in [6, 6.07) is 0. The first-order valence-electron chi connectivity index (χ1n) is 7.48. The number of morpholine rings is 1. The molecule has 0 aromatic heterocycles.